The number of aromatic nitrogens is 4. The number of hydrogen-bond acceptors (Lipinski definition) is 6. The number of rotatable bonds is 11. The molecular formula is C27H31N5O2. The molecule has 0 atom stereocenters. The van der Waals surface area contributed by atoms with Gasteiger partial charge in [-0.15, -0.1) is 10.2 Å². The third-order valence-corrected chi connectivity index (χ3v) is 5.87. The summed E-state index contributed by atoms with van der Waals surface area (Å²) in [6, 6.07) is 15.1. The molecule has 0 fully saturated rings. The van der Waals surface area contributed by atoms with E-state index in [2.05, 4.69) is 15.5 Å². The molecule has 0 amide bonds. The number of nitrogens with one attached hydrogen (secondary N) is 1. The van der Waals surface area contributed by atoms with E-state index >= 15 is 0 Å². The van der Waals surface area contributed by atoms with Gasteiger partial charge < -0.3 is 5.32 Å². The van der Waals surface area contributed by atoms with Gasteiger partial charge >= 0.3 is 0 Å². The van der Waals surface area contributed by atoms with Crippen LogP contribution in [0.15, 0.2) is 48.5 Å². The Bertz CT molecular complexity index is 1310. The van der Waals surface area contributed by atoms with Gasteiger partial charge in [0.1, 0.15) is 5.82 Å². The molecule has 176 valence electrons. The maximum atomic E-state index is 12.6. The smallest absolute Gasteiger partial charge is 0.204 e. The summed E-state index contributed by atoms with van der Waals surface area (Å²) >= 11 is 0. The number of aryl methyl sites for hydroxylation is 1. The van der Waals surface area contributed by atoms with Crippen molar-refractivity contribution in [1.82, 2.24) is 19.6 Å². The van der Waals surface area contributed by atoms with Crippen LogP contribution < -0.4 is 5.32 Å². The Morgan fingerprint density at radius 2 is 1.74 bits per heavy atom. The molecule has 0 radical (unpaired) electrons. The van der Waals surface area contributed by atoms with Crippen LogP contribution in [0.1, 0.15) is 72.5 Å². The van der Waals surface area contributed by atoms with Crippen LogP contribution in [0.4, 0.5) is 5.82 Å². The number of hydrogen-bond donors (Lipinski definition) is 1. The van der Waals surface area contributed by atoms with Crippen molar-refractivity contribution in [2.45, 2.75) is 52.9 Å². The molecule has 2 aromatic carbocycles. The minimum Gasteiger partial charge on any atom is -0.367 e. The molecule has 0 bridgehead atoms. The summed E-state index contributed by atoms with van der Waals surface area (Å²) in [7, 11) is 0. The Hall–Kier alpha value is -3.61. The van der Waals surface area contributed by atoms with E-state index in [1.165, 1.54) is 0 Å². The number of carbonyl (C=O) groups is 2. The zero-order chi connectivity index (χ0) is 24.1. The minimum absolute atomic E-state index is 0.124. The number of benzene rings is 2. The van der Waals surface area contributed by atoms with Crippen LogP contribution in [0, 0.1) is 12.8 Å². The van der Waals surface area contributed by atoms with Crippen LogP contribution in [0.5, 0.6) is 0 Å². The Kier molecular flexibility index (Phi) is 7.30. The van der Waals surface area contributed by atoms with Gasteiger partial charge in [-0.1, -0.05) is 50.6 Å². The summed E-state index contributed by atoms with van der Waals surface area (Å²) in [6.07, 6.45) is 3.76. The van der Waals surface area contributed by atoms with Crippen molar-refractivity contribution in [2.75, 3.05) is 11.9 Å². The molecule has 0 unspecified atom stereocenters. The monoisotopic (exact) mass is 457 g/mol. The largest absolute Gasteiger partial charge is 0.367 e. The highest BCUT2D eigenvalue weighted by Crippen LogP contribution is 2.24. The number of nitrogens with zero attached hydrogens (tertiary/aromatic N) is 4. The van der Waals surface area contributed by atoms with Crippen molar-refractivity contribution in [2.24, 2.45) is 5.92 Å². The molecule has 0 aliphatic carbocycles. The zero-order valence-electron chi connectivity index (χ0n) is 20.0. The lowest BCUT2D eigenvalue weighted by Gasteiger charge is -2.11. The summed E-state index contributed by atoms with van der Waals surface area (Å²) in [4.78, 5) is 29.6. The fourth-order valence-corrected chi connectivity index (χ4v) is 4.12. The second kappa shape index (κ2) is 10.5. The second-order valence-electron chi connectivity index (χ2n) is 9.12. The van der Waals surface area contributed by atoms with Crippen LogP contribution in [0.2, 0.25) is 0 Å². The van der Waals surface area contributed by atoms with E-state index in [0.29, 0.717) is 42.3 Å². The number of fused-ring (bicyclic) bond motifs is 3. The molecule has 7 heteroatoms. The molecule has 2 aromatic heterocycles. The molecule has 0 saturated carbocycles. The summed E-state index contributed by atoms with van der Waals surface area (Å²) in [5.41, 5.74) is 3.74. The van der Waals surface area contributed by atoms with E-state index in [-0.39, 0.29) is 11.6 Å². The van der Waals surface area contributed by atoms with Gasteiger partial charge in [-0.25, -0.2) is 4.98 Å². The Morgan fingerprint density at radius 3 is 2.50 bits per heavy atom. The van der Waals surface area contributed by atoms with E-state index in [1.807, 2.05) is 73.7 Å². The Balaban J connectivity index is 1.42. The van der Waals surface area contributed by atoms with Gasteiger partial charge in [0.25, 0.3) is 0 Å². The van der Waals surface area contributed by atoms with E-state index in [1.54, 1.807) is 0 Å². The Labute approximate surface area is 199 Å². The number of ketones is 2. The predicted molar refractivity (Wildman–Crippen MR) is 135 cm³/mol. The maximum Gasteiger partial charge on any atom is 0.204 e. The van der Waals surface area contributed by atoms with Crippen LogP contribution in [-0.2, 0) is 0 Å². The maximum absolute atomic E-state index is 12.6. The van der Waals surface area contributed by atoms with Gasteiger partial charge in [0.05, 0.1) is 11.0 Å². The SMILES string of the molecule is Cc1nnc2c(NCCCCCC(=O)c3ccccc3)nc3cc(C(=O)CC(C)C)ccc3n12. The highest BCUT2D eigenvalue weighted by molar-refractivity contribution is 5.99. The van der Waals surface area contributed by atoms with Crippen molar-refractivity contribution < 1.29 is 9.59 Å². The lowest BCUT2D eigenvalue weighted by Crippen LogP contribution is -2.08. The molecule has 0 spiro atoms. The second-order valence-corrected chi connectivity index (χ2v) is 9.12. The van der Waals surface area contributed by atoms with E-state index in [0.717, 1.165) is 41.7 Å². The first-order chi connectivity index (χ1) is 16.4. The van der Waals surface area contributed by atoms with E-state index in [9.17, 15) is 9.59 Å². The first kappa shape index (κ1) is 23.5. The zero-order valence-corrected chi connectivity index (χ0v) is 20.0. The first-order valence-electron chi connectivity index (χ1n) is 11.9. The van der Waals surface area contributed by atoms with Crippen molar-refractivity contribution in [3.05, 3.63) is 65.5 Å². The highest BCUT2D eigenvalue weighted by Gasteiger charge is 2.15. The minimum atomic E-state index is 0.124. The molecule has 7 nitrogen and oxygen atoms in total. The molecule has 0 aliphatic heterocycles. The van der Waals surface area contributed by atoms with Gasteiger partial charge in [0.2, 0.25) is 5.65 Å². The van der Waals surface area contributed by atoms with Crippen molar-refractivity contribution >= 4 is 34.1 Å². The van der Waals surface area contributed by atoms with Gasteiger partial charge in [0.15, 0.2) is 17.4 Å². The molecule has 34 heavy (non-hydrogen) atoms. The van der Waals surface area contributed by atoms with Crippen molar-refractivity contribution in [1.29, 1.82) is 0 Å². The predicted octanol–water partition coefficient (Wildman–Crippen LogP) is 5.67. The number of unbranched alkanes of at least 4 members (excludes halogenated alkanes) is 2. The van der Waals surface area contributed by atoms with Gasteiger partial charge in [-0.05, 0) is 43.9 Å². The third kappa shape index (κ3) is 5.30. The van der Waals surface area contributed by atoms with Gasteiger partial charge in [-0.3, -0.25) is 14.0 Å². The van der Waals surface area contributed by atoms with Crippen LogP contribution in [-0.4, -0.2) is 37.7 Å². The summed E-state index contributed by atoms with van der Waals surface area (Å²) in [5, 5.41) is 11.9. The molecule has 4 rings (SSSR count). The number of Topliss-reactive ketones (excluding diaryl/α,β-unsaturated/α-hetero) is 2. The average molecular weight is 458 g/mol. The highest BCUT2D eigenvalue weighted by atomic mass is 16.1. The normalized spacial score (nSPS) is 11.4. The van der Waals surface area contributed by atoms with E-state index in [4.69, 9.17) is 4.98 Å². The molecule has 4 aromatic rings. The fourth-order valence-electron chi connectivity index (χ4n) is 4.12. The molecule has 0 aliphatic rings. The summed E-state index contributed by atoms with van der Waals surface area (Å²) in [6.45, 7) is 6.71. The standard InChI is InChI=1S/C27H31N5O2/c1-18(2)16-25(34)21-13-14-23-22(17-21)29-26(27-31-30-19(3)32(23)27)28-15-9-5-8-12-24(33)20-10-6-4-7-11-20/h4,6-7,10-11,13-14,17-18H,5,8-9,12,15-16H2,1-3H3,(H,28,29). The molecule has 0 saturated heterocycles. The van der Waals surface area contributed by atoms with Crippen LogP contribution in [0.25, 0.3) is 16.7 Å². The topological polar surface area (TPSA) is 89.2 Å². The third-order valence-electron chi connectivity index (χ3n) is 5.87. The quantitative estimate of drug-likeness (QED) is 0.231. The lowest BCUT2D eigenvalue weighted by molar-refractivity contribution is 0.0963. The molecule has 1 N–H and O–H groups in total. The summed E-state index contributed by atoms with van der Waals surface area (Å²) < 4.78 is 1.97. The summed E-state index contributed by atoms with van der Waals surface area (Å²) in [5.74, 6) is 2.04. The number of carbonyl (C=O) groups excluding carboxylic acids is 2. The van der Waals surface area contributed by atoms with Crippen LogP contribution in [0.3, 0.4) is 0 Å². The van der Waals surface area contributed by atoms with E-state index < -0.39 is 0 Å². The van der Waals surface area contributed by atoms with Crippen LogP contribution >= 0.6 is 0 Å². The lowest BCUT2D eigenvalue weighted by atomic mass is 10.0. The first-order valence-corrected chi connectivity index (χ1v) is 11.9. The average Bonchev–Trinajstić information content (AvgIpc) is 3.22. The van der Waals surface area contributed by atoms with Gasteiger partial charge in [-0.2, -0.15) is 0 Å². The Morgan fingerprint density at radius 1 is 0.941 bits per heavy atom. The van der Waals surface area contributed by atoms with Crippen molar-refractivity contribution in [3.63, 3.8) is 0 Å². The molecular weight excluding hydrogens is 426 g/mol. The van der Waals surface area contributed by atoms with Gasteiger partial charge in [0, 0.05) is 30.5 Å². The van der Waals surface area contributed by atoms with Crippen molar-refractivity contribution in [3.8, 4) is 0 Å². The number of anilines is 1. The molecule has 2 heterocycles. The fraction of sp³-hybridized carbons (Fsp3) is 0.370.